The van der Waals surface area contributed by atoms with Crippen molar-refractivity contribution in [3.05, 3.63) is 88.0 Å². The Morgan fingerprint density at radius 3 is 2.29 bits per heavy atom. The van der Waals surface area contributed by atoms with Crippen LogP contribution >= 0.6 is 11.6 Å². The topological polar surface area (TPSA) is 54.7 Å². The smallest absolute Gasteiger partial charge is 0.123 e. The van der Waals surface area contributed by atoms with E-state index in [0.717, 1.165) is 16.8 Å². The molecule has 0 aliphatic carbocycles. The summed E-state index contributed by atoms with van der Waals surface area (Å²) in [4.78, 5) is 0. The molecule has 1 aromatic heterocycles. The molecule has 0 atom stereocenters. The molecule has 2 aromatic carbocycles. The van der Waals surface area contributed by atoms with Crippen molar-refractivity contribution in [2.75, 3.05) is 5.73 Å². The third kappa shape index (κ3) is 3.42. The van der Waals surface area contributed by atoms with Gasteiger partial charge in [0.25, 0.3) is 0 Å². The number of anilines is 1. The first-order valence-electron chi connectivity index (χ1n) is 7.43. The summed E-state index contributed by atoms with van der Waals surface area (Å²) in [5, 5.41) is 10.0. The van der Waals surface area contributed by atoms with Gasteiger partial charge in [-0.2, -0.15) is 5.26 Å². The monoisotopic (exact) mass is 339 g/mol. The zero-order valence-corrected chi connectivity index (χ0v) is 13.6. The molecule has 0 fully saturated rings. The van der Waals surface area contributed by atoms with Crippen molar-refractivity contribution in [1.82, 2.24) is 4.57 Å². The minimum atomic E-state index is -0.285. The van der Waals surface area contributed by atoms with Crippen LogP contribution in [0.2, 0.25) is 5.02 Å². The van der Waals surface area contributed by atoms with Crippen LogP contribution in [0.15, 0.2) is 54.6 Å². The number of nitrogen functional groups attached to an aromatic ring is 1. The summed E-state index contributed by atoms with van der Waals surface area (Å²) in [6.07, 6.45) is 0.589. The van der Waals surface area contributed by atoms with Gasteiger partial charge in [-0.3, -0.25) is 0 Å². The van der Waals surface area contributed by atoms with Crippen LogP contribution in [0.25, 0.3) is 0 Å². The summed E-state index contributed by atoms with van der Waals surface area (Å²) < 4.78 is 15.0. The molecule has 5 heteroatoms. The van der Waals surface area contributed by atoms with E-state index in [4.69, 9.17) is 17.3 Å². The Morgan fingerprint density at radius 1 is 1.04 bits per heavy atom. The van der Waals surface area contributed by atoms with E-state index in [0.29, 0.717) is 29.4 Å². The van der Waals surface area contributed by atoms with Crippen molar-refractivity contribution < 1.29 is 4.39 Å². The van der Waals surface area contributed by atoms with Crippen LogP contribution < -0.4 is 5.73 Å². The van der Waals surface area contributed by atoms with E-state index >= 15 is 0 Å². The molecule has 0 radical (unpaired) electrons. The van der Waals surface area contributed by atoms with E-state index in [1.807, 2.05) is 28.8 Å². The van der Waals surface area contributed by atoms with E-state index in [-0.39, 0.29) is 5.82 Å². The third-order valence-electron chi connectivity index (χ3n) is 3.90. The number of nitrogens with zero attached hydrogens (tertiary/aromatic N) is 2. The van der Waals surface area contributed by atoms with Gasteiger partial charge in [0.15, 0.2) is 0 Å². The van der Waals surface area contributed by atoms with Crippen LogP contribution in [0.4, 0.5) is 10.1 Å². The SMILES string of the molecule is N#Cc1cc(N)c(Cc2ccc(Cl)cc2)n1Cc1ccc(F)cc1. The van der Waals surface area contributed by atoms with E-state index < -0.39 is 0 Å². The highest BCUT2D eigenvalue weighted by Crippen LogP contribution is 2.24. The number of hydrogen-bond donors (Lipinski definition) is 1. The van der Waals surface area contributed by atoms with E-state index in [1.165, 1.54) is 12.1 Å². The van der Waals surface area contributed by atoms with Crippen LogP contribution in [-0.2, 0) is 13.0 Å². The van der Waals surface area contributed by atoms with Crippen LogP contribution in [0.3, 0.4) is 0 Å². The summed E-state index contributed by atoms with van der Waals surface area (Å²) in [6, 6.07) is 17.6. The highest BCUT2D eigenvalue weighted by atomic mass is 35.5. The van der Waals surface area contributed by atoms with Crippen LogP contribution in [0, 0.1) is 17.1 Å². The van der Waals surface area contributed by atoms with Gasteiger partial charge in [0.1, 0.15) is 17.6 Å². The summed E-state index contributed by atoms with van der Waals surface area (Å²) in [6.45, 7) is 0.462. The van der Waals surface area contributed by atoms with Gasteiger partial charge in [-0.05, 0) is 41.5 Å². The molecule has 3 nitrogen and oxygen atoms in total. The Bertz CT molecular complexity index is 890. The second-order valence-electron chi connectivity index (χ2n) is 5.56. The van der Waals surface area contributed by atoms with Crippen LogP contribution in [0.1, 0.15) is 22.5 Å². The standard InChI is InChI=1S/C19H15ClFN3/c20-15-5-1-13(2-6-15)9-19-18(23)10-17(11-22)24(19)12-14-3-7-16(21)8-4-14/h1-8,10H,9,12,23H2. The maximum Gasteiger partial charge on any atom is 0.123 e. The highest BCUT2D eigenvalue weighted by Gasteiger charge is 2.14. The fraction of sp³-hybridized carbons (Fsp3) is 0.105. The zero-order valence-electron chi connectivity index (χ0n) is 12.8. The second-order valence-corrected chi connectivity index (χ2v) is 6.00. The van der Waals surface area contributed by atoms with Crippen molar-refractivity contribution in [3.63, 3.8) is 0 Å². The second kappa shape index (κ2) is 6.77. The first-order chi connectivity index (χ1) is 11.6. The maximum absolute atomic E-state index is 13.1. The molecule has 0 aliphatic rings. The summed E-state index contributed by atoms with van der Waals surface area (Å²) in [5.74, 6) is -0.285. The minimum absolute atomic E-state index is 0.285. The average molecular weight is 340 g/mol. The number of benzene rings is 2. The van der Waals surface area contributed by atoms with E-state index in [1.54, 1.807) is 18.2 Å². The van der Waals surface area contributed by atoms with E-state index in [2.05, 4.69) is 6.07 Å². The molecule has 24 heavy (non-hydrogen) atoms. The molecule has 0 saturated carbocycles. The zero-order chi connectivity index (χ0) is 17.1. The van der Waals surface area contributed by atoms with Gasteiger partial charge in [-0.1, -0.05) is 35.9 Å². The van der Waals surface area contributed by atoms with Crippen molar-refractivity contribution in [2.24, 2.45) is 0 Å². The number of rotatable bonds is 4. The molecule has 0 bridgehead atoms. The molecule has 1 heterocycles. The number of hydrogen-bond acceptors (Lipinski definition) is 2. The van der Waals surface area contributed by atoms with Gasteiger partial charge in [-0.15, -0.1) is 0 Å². The Hall–Kier alpha value is -2.77. The first-order valence-corrected chi connectivity index (χ1v) is 7.81. The molecule has 3 rings (SSSR count). The Labute approximate surface area is 144 Å². The lowest BCUT2D eigenvalue weighted by Crippen LogP contribution is -2.08. The molecule has 3 aromatic rings. The molecule has 0 amide bonds. The quantitative estimate of drug-likeness (QED) is 0.767. The summed E-state index contributed by atoms with van der Waals surface area (Å²) in [7, 11) is 0. The van der Waals surface area contributed by atoms with Crippen molar-refractivity contribution in [1.29, 1.82) is 5.26 Å². The maximum atomic E-state index is 13.1. The number of halogens is 2. The molecule has 2 N–H and O–H groups in total. The largest absolute Gasteiger partial charge is 0.397 e. The first kappa shape index (κ1) is 16.1. The molecule has 0 aliphatic heterocycles. The number of nitriles is 1. The summed E-state index contributed by atoms with van der Waals surface area (Å²) >= 11 is 5.92. The molecule has 0 saturated heterocycles. The third-order valence-corrected chi connectivity index (χ3v) is 4.15. The molecule has 0 spiro atoms. The van der Waals surface area contributed by atoms with Gasteiger partial charge in [-0.25, -0.2) is 4.39 Å². The van der Waals surface area contributed by atoms with Gasteiger partial charge in [0.2, 0.25) is 0 Å². The molecule has 0 unspecified atom stereocenters. The molecule has 120 valence electrons. The van der Waals surface area contributed by atoms with Crippen LogP contribution in [-0.4, -0.2) is 4.57 Å². The lowest BCUT2D eigenvalue weighted by molar-refractivity contribution is 0.626. The Balaban J connectivity index is 1.96. The lowest BCUT2D eigenvalue weighted by atomic mass is 10.1. The van der Waals surface area contributed by atoms with Crippen molar-refractivity contribution in [2.45, 2.75) is 13.0 Å². The molecular weight excluding hydrogens is 325 g/mol. The predicted molar refractivity (Wildman–Crippen MR) is 93.3 cm³/mol. The van der Waals surface area contributed by atoms with Gasteiger partial charge >= 0.3 is 0 Å². The molecular formula is C19H15ClFN3. The normalized spacial score (nSPS) is 10.5. The lowest BCUT2D eigenvalue weighted by Gasteiger charge is -2.12. The fourth-order valence-corrected chi connectivity index (χ4v) is 2.77. The average Bonchev–Trinajstić information content (AvgIpc) is 2.87. The van der Waals surface area contributed by atoms with Crippen LogP contribution in [0.5, 0.6) is 0 Å². The van der Waals surface area contributed by atoms with Gasteiger partial charge in [0, 0.05) is 23.7 Å². The van der Waals surface area contributed by atoms with Gasteiger partial charge in [0.05, 0.1) is 5.69 Å². The fourth-order valence-electron chi connectivity index (χ4n) is 2.65. The van der Waals surface area contributed by atoms with Crippen molar-refractivity contribution in [3.8, 4) is 6.07 Å². The number of aromatic nitrogens is 1. The van der Waals surface area contributed by atoms with Crippen molar-refractivity contribution >= 4 is 17.3 Å². The Morgan fingerprint density at radius 2 is 1.67 bits per heavy atom. The van der Waals surface area contributed by atoms with Gasteiger partial charge < -0.3 is 10.3 Å². The minimum Gasteiger partial charge on any atom is -0.397 e. The summed E-state index contributed by atoms with van der Waals surface area (Å²) in [5.41, 5.74) is 9.99. The number of nitrogens with two attached hydrogens (primary N) is 1. The van der Waals surface area contributed by atoms with E-state index in [9.17, 15) is 9.65 Å². The predicted octanol–water partition coefficient (Wildman–Crippen LogP) is 4.37. The Kier molecular flexibility index (Phi) is 4.54. The highest BCUT2D eigenvalue weighted by molar-refractivity contribution is 6.30.